The Morgan fingerprint density at radius 1 is 1.25 bits per heavy atom. The highest BCUT2D eigenvalue weighted by Gasteiger charge is 2.20. The average molecular weight is 284 g/mol. The van der Waals surface area contributed by atoms with E-state index >= 15 is 0 Å². The smallest absolute Gasteiger partial charge is 0.134 e. The second-order valence-electron chi connectivity index (χ2n) is 4.78. The Morgan fingerprint density at radius 2 is 2.05 bits per heavy atom. The molecule has 4 heteroatoms. The van der Waals surface area contributed by atoms with Crippen molar-refractivity contribution in [3.8, 4) is 6.07 Å². The quantitative estimate of drug-likeness (QED) is 0.753. The fourth-order valence-corrected chi connectivity index (χ4v) is 3.65. The SMILES string of the molecule is N#Cc1c(/N=C/c2ccccc2F)sc2c1CCCC2. The van der Waals surface area contributed by atoms with Gasteiger partial charge in [-0.05, 0) is 37.3 Å². The number of nitrogens with zero attached hydrogens (tertiary/aromatic N) is 2. The summed E-state index contributed by atoms with van der Waals surface area (Å²) in [6.07, 6.45) is 5.81. The van der Waals surface area contributed by atoms with Crippen molar-refractivity contribution in [1.29, 1.82) is 5.26 Å². The first-order valence-electron chi connectivity index (χ1n) is 6.63. The fraction of sp³-hybridized carbons (Fsp3) is 0.250. The largest absolute Gasteiger partial charge is 0.244 e. The van der Waals surface area contributed by atoms with E-state index in [2.05, 4.69) is 11.1 Å². The molecule has 1 aromatic carbocycles. The molecule has 3 rings (SSSR count). The van der Waals surface area contributed by atoms with E-state index in [-0.39, 0.29) is 5.82 Å². The van der Waals surface area contributed by atoms with Crippen molar-refractivity contribution >= 4 is 22.6 Å². The van der Waals surface area contributed by atoms with Crippen LogP contribution in [0, 0.1) is 17.1 Å². The van der Waals surface area contributed by atoms with Crippen LogP contribution in [0.2, 0.25) is 0 Å². The lowest BCUT2D eigenvalue weighted by Crippen LogP contribution is -1.99. The van der Waals surface area contributed by atoms with Gasteiger partial charge in [0.05, 0.1) is 5.56 Å². The molecule has 0 bridgehead atoms. The predicted molar refractivity (Wildman–Crippen MR) is 79.3 cm³/mol. The number of rotatable bonds is 2. The lowest BCUT2D eigenvalue weighted by atomic mass is 9.96. The van der Waals surface area contributed by atoms with Gasteiger partial charge in [0.25, 0.3) is 0 Å². The molecule has 0 amide bonds. The molecule has 0 N–H and O–H groups in total. The summed E-state index contributed by atoms with van der Waals surface area (Å²) in [5.41, 5.74) is 2.28. The van der Waals surface area contributed by atoms with Gasteiger partial charge < -0.3 is 0 Å². The third kappa shape index (κ3) is 2.37. The van der Waals surface area contributed by atoms with Crippen molar-refractivity contribution in [2.45, 2.75) is 25.7 Å². The highest BCUT2D eigenvalue weighted by Crippen LogP contribution is 2.39. The van der Waals surface area contributed by atoms with Crippen LogP contribution in [0.4, 0.5) is 9.39 Å². The van der Waals surface area contributed by atoms with Crippen LogP contribution in [0.3, 0.4) is 0 Å². The molecule has 1 aromatic heterocycles. The van der Waals surface area contributed by atoms with Gasteiger partial charge in [0.2, 0.25) is 0 Å². The number of aryl methyl sites for hydroxylation is 1. The van der Waals surface area contributed by atoms with Gasteiger partial charge in [0, 0.05) is 16.7 Å². The van der Waals surface area contributed by atoms with Gasteiger partial charge in [0.1, 0.15) is 16.9 Å². The fourth-order valence-electron chi connectivity index (χ4n) is 2.47. The molecule has 20 heavy (non-hydrogen) atoms. The molecule has 0 fully saturated rings. The van der Waals surface area contributed by atoms with E-state index in [0.29, 0.717) is 16.1 Å². The van der Waals surface area contributed by atoms with Crippen LogP contribution in [-0.4, -0.2) is 6.21 Å². The summed E-state index contributed by atoms with van der Waals surface area (Å²) in [7, 11) is 0. The van der Waals surface area contributed by atoms with E-state index in [1.54, 1.807) is 29.5 Å². The number of hydrogen-bond donors (Lipinski definition) is 0. The first-order valence-corrected chi connectivity index (χ1v) is 7.44. The maximum atomic E-state index is 13.5. The van der Waals surface area contributed by atoms with Gasteiger partial charge in [-0.25, -0.2) is 9.38 Å². The predicted octanol–water partition coefficient (Wildman–Crippen LogP) is 4.39. The summed E-state index contributed by atoms with van der Waals surface area (Å²) in [6.45, 7) is 0. The summed E-state index contributed by atoms with van der Waals surface area (Å²) < 4.78 is 13.5. The number of thiophene rings is 1. The van der Waals surface area contributed by atoms with Gasteiger partial charge in [-0.15, -0.1) is 11.3 Å². The minimum absolute atomic E-state index is 0.295. The van der Waals surface area contributed by atoms with Crippen LogP contribution in [0.25, 0.3) is 0 Å². The van der Waals surface area contributed by atoms with E-state index < -0.39 is 0 Å². The van der Waals surface area contributed by atoms with Crippen LogP contribution in [0.15, 0.2) is 29.3 Å². The Labute approximate surface area is 121 Å². The van der Waals surface area contributed by atoms with E-state index in [1.165, 1.54) is 23.6 Å². The topological polar surface area (TPSA) is 36.1 Å². The first kappa shape index (κ1) is 13.0. The van der Waals surface area contributed by atoms with E-state index in [0.717, 1.165) is 24.8 Å². The highest BCUT2D eigenvalue weighted by atomic mass is 32.1. The number of hydrogen-bond acceptors (Lipinski definition) is 3. The third-order valence-corrected chi connectivity index (χ3v) is 4.69. The van der Waals surface area contributed by atoms with E-state index in [4.69, 9.17) is 0 Å². The maximum Gasteiger partial charge on any atom is 0.134 e. The minimum atomic E-state index is -0.295. The van der Waals surface area contributed by atoms with Gasteiger partial charge in [-0.3, -0.25) is 0 Å². The van der Waals surface area contributed by atoms with Crippen molar-refractivity contribution in [3.05, 3.63) is 51.7 Å². The average Bonchev–Trinajstić information content (AvgIpc) is 2.84. The zero-order chi connectivity index (χ0) is 13.9. The van der Waals surface area contributed by atoms with Crippen molar-refractivity contribution in [2.75, 3.05) is 0 Å². The summed E-state index contributed by atoms with van der Waals surface area (Å²) in [6, 6.07) is 8.77. The minimum Gasteiger partial charge on any atom is -0.244 e. The number of halogens is 1. The van der Waals surface area contributed by atoms with Crippen molar-refractivity contribution in [3.63, 3.8) is 0 Å². The Kier molecular flexibility index (Phi) is 3.62. The lowest BCUT2D eigenvalue weighted by Gasteiger charge is -2.09. The molecule has 100 valence electrons. The Bertz CT molecular complexity index is 710. The van der Waals surface area contributed by atoms with Crippen LogP contribution in [0.5, 0.6) is 0 Å². The molecule has 0 aliphatic heterocycles. The number of nitriles is 1. The van der Waals surface area contributed by atoms with E-state index in [1.807, 2.05) is 0 Å². The molecular formula is C16H13FN2S. The molecule has 2 nitrogen and oxygen atoms in total. The molecule has 0 saturated carbocycles. The molecular weight excluding hydrogens is 271 g/mol. The maximum absolute atomic E-state index is 13.5. The van der Waals surface area contributed by atoms with Gasteiger partial charge in [0.15, 0.2) is 0 Å². The Hall–Kier alpha value is -1.99. The molecule has 0 spiro atoms. The molecule has 0 unspecified atom stereocenters. The molecule has 0 atom stereocenters. The molecule has 1 heterocycles. The summed E-state index contributed by atoms with van der Waals surface area (Å²) in [5, 5.41) is 10.0. The van der Waals surface area contributed by atoms with Gasteiger partial charge >= 0.3 is 0 Å². The van der Waals surface area contributed by atoms with Gasteiger partial charge in [-0.2, -0.15) is 5.26 Å². The normalized spacial score (nSPS) is 14.2. The van der Waals surface area contributed by atoms with E-state index in [9.17, 15) is 9.65 Å². The Balaban J connectivity index is 1.97. The highest BCUT2D eigenvalue weighted by molar-refractivity contribution is 7.16. The summed E-state index contributed by atoms with van der Waals surface area (Å²) in [4.78, 5) is 5.62. The monoisotopic (exact) mass is 284 g/mol. The zero-order valence-corrected chi connectivity index (χ0v) is 11.7. The van der Waals surface area contributed by atoms with Crippen molar-refractivity contribution in [1.82, 2.24) is 0 Å². The standard InChI is InChI=1S/C16H13FN2S/c17-14-7-3-1-5-11(14)10-19-16-13(9-18)12-6-2-4-8-15(12)20-16/h1,3,5,7,10H,2,4,6,8H2/b19-10+. The molecule has 0 radical (unpaired) electrons. The molecule has 2 aromatic rings. The third-order valence-electron chi connectivity index (χ3n) is 3.49. The van der Waals surface area contributed by atoms with Crippen LogP contribution < -0.4 is 0 Å². The first-order chi connectivity index (χ1) is 9.79. The van der Waals surface area contributed by atoms with Crippen LogP contribution >= 0.6 is 11.3 Å². The number of aliphatic imine (C=N–C) groups is 1. The van der Waals surface area contributed by atoms with Crippen molar-refractivity contribution < 1.29 is 4.39 Å². The Morgan fingerprint density at radius 3 is 2.85 bits per heavy atom. The van der Waals surface area contributed by atoms with Gasteiger partial charge in [-0.1, -0.05) is 18.2 Å². The second kappa shape index (κ2) is 5.56. The number of benzene rings is 1. The lowest BCUT2D eigenvalue weighted by molar-refractivity contribution is 0.626. The number of fused-ring (bicyclic) bond motifs is 1. The van der Waals surface area contributed by atoms with Crippen molar-refractivity contribution in [2.24, 2.45) is 4.99 Å². The molecule has 1 aliphatic carbocycles. The van der Waals surface area contributed by atoms with Crippen LogP contribution in [-0.2, 0) is 12.8 Å². The second-order valence-corrected chi connectivity index (χ2v) is 5.87. The summed E-state index contributed by atoms with van der Waals surface area (Å²) in [5.74, 6) is -0.295. The molecule has 0 saturated heterocycles. The molecule has 1 aliphatic rings. The summed E-state index contributed by atoms with van der Waals surface area (Å²) >= 11 is 1.57. The van der Waals surface area contributed by atoms with Crippen LogP contribution in [0.1, 0.15) is 34.4 Å². The zero-order valence-electron chi connectivity index (χ0n) is 10.9.